The highest BCUT2D eigenvalue weighted by Gasteiger charge is 2.22. The number of carbonyl (C=O) groups is 2. The van der Waals surface area contributed by atoms with Crippen LogP contribution in [0.2, 0.25) is 0 Å². The monoisotopic (exact) mass is 301 g/mol. The molecule has 0 aromatic heterocycles. The predicted octanol–water partition coefficient (Wildman–Crippen LogP) is 2.96. The Morgan fingerprint density at radius 1 is 1.05 bits per heavy atom. The molecule has 0 bridgehead atoms. The van der Waals surface area contributed by atoms with Gasteiger partial charge >= 0.3 is 5.97 Å². The zero-order valence-corrected chi connectivity index (χ0v) is 12.3. The Bertz CT molecular complexity index is 626. The molecule has 2 N–H and O–H groups in total. The van der Waals surface area contributed by atoms with Crippen LogP contribution in [0.15, 0.2) is 59.5 Å². The summed E-state index contributed by atoms with van der Waals surface area (Å²) in [4.78, 5) is 24.5. The van der Waals surface area contributed by atoms with Crippen molar-refractivity contribution in [2.45, 2.75) is 10.9 Å². The molecule has 5 heteroatoms. The van der Waals surface area contributed by atoms with Gasteiger partial charge in [0.05, 0.1) is 0 Å². The molecule has 0 radical (unpaired) electrons. The number of aliphatic carboxylic acids is 1. The molecule has 21 heavy (non-hydrogen) atoms. The molecule has 4 nitrogen and oxygen atoms in total. The van der Waals surface area contributed by atoms with Gasteiger partial charge in [0.1, 0.15) is 0 Å². The fraction of sp³-hybridized carbons (Fsp3) is 0.125. The van der Waals surface area contributed by atoms with Gasteiger partial charge in [-0.05, 0) is 36.1 Å². The third kappa shape index (κ3) is 3.86. The van der Waals surface area contributed by atoms with E-state index in [1.807, 2.05) is 18.4 Å². The van der Waals surface area contributed by atoms with Crippen molar-refractivity contribution in [3.63, 3.8) is 0 Å². The van der Waals surface area contributed by atoms with Crippen LogP contribution in [0.1, 0.15) is 22.0 Å². The highest BCUT2D eigenvalue weighted by atomic mass is 32.2. The van der Waals surface area contributed by atoms with E-state index >= 15 is 0 Å². The minimum Gasteiger partial charge on any atom is -0.479 e. The number of carbonyl (C=O) groups excluding carboxylic acids is 1. The van der Waals surface area contributed by atoms with E-state index < -0.39 is 17.9 Å². The van der Waals surface area contributed by atoms with E-state index in [-0.39, 0.29) is 0 Å². The van der Waals surface area contributed by atoms with Crippen molar-refractivity contribution in [1.29, 1.82) is 0 Å². The smallest absolute Gasteiger partial charge is 0.330 e. The third-order valence-corrected chi connectivity index (χ3v) is 3.75. The SMILES string of the molecule is CSc1ccc(C(NC(=O)c2ccccc2)C(=O)O)cc1. The molecule has 2 aromatic carbocycles. The van der Waals surface area contributed by atoms with Gasteiger partial charge in [0.15, 0.2) is 6.04 Å². The van der Waals surface area contributed by atoms with Crippen LogP contribution in [-0.2, 0) is 4.79 Å². The standard InChI is InChI=1S/C16H15NO3S/c1-21-13-9-7-11(8-10-13)14(16(19)20)17-15(18)12-5-3-2-4-6-12/h2-10,14H,1H3,(H,17,18)(H,19,20). The fourth-order valence-corrected chi connectivity index (χ4v) is 2.30. The summed E-state index contributed by atoms with van der Waals surface area (Å²) in [5, 5.41) is 11.9. The Labute approximate surface area is 127 Å². The normalized spacial score (nSPS) is 11.7. The molecule has 108 valence electrons. The summed E-state index contributed by atoms with van der Waals surface area (Å²) >= 11 is 1.57. The molecule has 0 saturated carbocycles. The van der Waals surface area contributed by atoms with Gasteiger partial charge in [-0.2, -0.15) is 0 Å². The first-order chi connectivity index (χ1) is 10.1. The second-order valence-corrected chi connectivity index (χ2v) is 5.26. The summed E-state index contributed by atoms with van der Waals surface area (Å²) in [6.45, 7) is 0. The molecule has 1 atom stereocenters. The Morgan fingerprint density at radius 2 is 1.67 bits per heavy atom. The van der Waals surface area contributed by atoms with Gasteiger partial charge in [-0.3, -0.25) is 4.79 Å². The van der Waals surface area contributed by atoms with Gasteiger partial charge < -0.3 is 10.4 Å². The second kappa shape index (κ2) is 6.95. The van der Waals surface area contributed by atoms with Crippen LogP contribution in [0, 0.1) is 0 Å². The maximum atomic E-state index is 12.1. The number of carboxylic acid groups (broad SMARTS) is 1. The van der Waals surface area contributed by atoms with Crippen molar-refractivity contribution in [2.24, 2.45) is 0 Å². The average molecular weight is 301 g/mol. The van der Waals surface area contributed by atoms with Crippen LogP contribution in [-0.4, -0.2) is 23.2 Å². The number of carboxylic acids is 1. The lowest BCUT2D eigenvalue weighted by molar-refractivity contribution is -0.139. The lowest BCUT2D eigenvalue weighted by atomic mass is 10.1. The molecular weight excluding hydrogens is 286 g/mol. The Hall–Kier alpha value is -2.27. The second-order valence-electron chi connectivity index (χ2n) is 4.38. The fourth-order valence-electron chi connectivity index (χ4n) is 1.89. The number of hydrogen-bond acceptors (Lipinski definition) is 3. The molecular formula is C16H15NO3S. The molecule has 0 heterocycles. The van der Waals surface area contributed by atoms with Crippen molar-refractivity contribution < 1.29 is 14.7 Å². The van der Waals surface area contributed by atoms with Crippen LogP contribution in [0.3, 0.4) is 0 Å². The zero-order chi connectivity index (χ0) is 15.2. The quantitative estimate of drug-likeness (QED) is 0.833. The molecule has 0 aliphatic rings. The Morgan fingerprint density at radius 3 is 2.19 bits per heavy atom. The molecule has 0 aliphatic heterocycles. The van der Waals surface area contributed by atoms with E-state index in [9.17, 15) is 14.7 Å². The minimum atomic E-state index is -1.09. The van der Waals surface area contributed by atoms with E-state index in [1.165, 1.54) is 0 Å². The molecule has 0 spiro atoms. The van der Waals surface area contributed by atoms with E-state index in [0.717, 1.165) is 4.90 Å². The van der Waals surface area contributed by atoms with Gasteiger partial charge in [-0.1, -0.05) is 30.3 Å². The topological polar surface area (TPSA) is 66.4 Å². The number of rotatable bonds is 5. The molecule has 2 rings (SSSR count). The maximum absolute atomic E-state index is 12.1. The van der Waals surface area contributed by atoms with Crippen LogP contribution in [0.5, 0.6) is 0 Å². The van der Waals surface area contributed by atoms with Gasteiger partial charge in [0.25, 0.3) is 5.91 Å². The highest BCUT2D eigenvalue weighted by molar-refractivity contribution is 7.98. The van der Waals surface area contributed by atoms with Gasteiger partial charge in [-0.25, -0.2) is 4.79 Å². The van der Waals surface area contributed by atoms with Gasteiger partial charge in [0, 0.05) is 10.5 Å². The van der Waals surface area contributed by atoms with Crippen molar-refractivity contribution in [2.75, 3.05) is 6.26 Å². The zero-order valence-electron chi connectivity index (χ0n) is 11.4. The first-order valence-corrected chi connectivity index (χ1v) is 7.57. The van der Waals surface area contributed by atoms with Gasteiger partial charge in [-0.15, -0.1) is 11.8 Å². The van der Waals surface area contributed by atoms with Crippen LogP contribution < -0.4 is 5.32 Å². The number of amides is 1. The number of nitrogens with one attached hydrogen (secondary N) is 1. The number of benzene rings is 2. The molecule has 0 aliphatic carbocycles. The first-order valence-electron chi connectivity index (χ1n) is 6.34. The summed E-state index contributed by atoms with van der Waals surface area (Å²) in [5.41, 5.74) is 0.981. The van der Waals surface area contributed by atoms with Crippen molar-refractivity contribution in [3.8, 4) is 0 Å². The summed E-state index contributed by atoms with van der Waals surface area (Å²) in [6, 6.07) is 14.6. The largest absolute Gasteiger partial charge is 0.479 e. The van der Waals surface area contributed by atoms with Crippen molar-refractivity contribution >= 4 is 23.6 Å². The highest BCUT2D eigenvalue weighted by Crippen LogP contribution is 2.19. The minimum absolute atomic E-state index is 0.406. The Kier molecular flexibility index (Phi) is 5.00. The molecule has 1 amide bonds. The third-order valence-electron chi connectivity index (χ3n) is 3.01. The lowest BCUT2D eigenvalue weighted by Gasteiger charge is -2.15. The van der Waals surface area contributed by atoms with Crippen LogP contribution in [0.4, 0.5) is 0 Å². The van der Waals surface area contributed by atoms with Crippen LogP contribution in [0.25, 0.3) is 0 Å². The van der Waals surface area contributed by atoms with Crippen molar-refractivity contribution in [3.05, 3.63) is 65.7 Å². The summed E-state index contributed by atoms with van der Waals surface area (Å²) in [6.07, 6.45) is 1.95. The summed E-state index contributed by atoms with van der Waals surface area (Å²) < 4.78 is 0. The number of hydrogen-bond donors (Lipinski definition) is 2. The average Bonchev–Trinajstić information content (AvgIpc) is 2.53. The lowest BCUT2D eigenvalue weighted by Crippen LogP contribution is -2.33. The molecule has 2 aromatic rings. The number of thioether (sulfide) groups is 1. The maximum Gasteiger partial charge on any atom is 0.330 e. The summed E-state index contributed by atoms with van der Waals surface area (Å²) in [5.74, 6) is -1.49. The van der Waals surface area contributed by atoms with E-state index in [4.69, 9.17) is 0 Å². The van der Waals surface area contributed by atoms with Crippen molar-refractivity contribution in [1.82, 2.24) is 5.32 Å². The first kappa shape index (κ1) is 15.1. The Balaban J connectivity index is 2.19. The van der Waals surface area contributed by atoms with E-state index in [2.05, 4.69) is 5.32 Å². The van der Waals surface area contributed by atoms with E-state index in [0.29, 0.717) is 11.1 Å². The molecule has 1 unspecified atom stereocenters. The summed E-state index contributed by atoms with van der Waals surface area (Å²) in [7, 11) is 0. The molecule has 0 saturated heterocycles. The van der Waals surface area contributed by atoms with Gasteiger partial charge in [0.2, 0.25) is 0 Å². The molecule has 0 fully saturated rings. The van der Waals surface area contributed by atoms with E-state index in [1.54, 1.807) is 54.2 Å². The predicted molar refractivity (Wildman–Crippen MR) is 82.5 cm³/mol. The van der Waals surface area contributed by atoms with Crippen LogP contribution >= 0.6 is 11.8 Å².